The Labute approximate surface area is 121 Å². The van der Waals surface area contributed by atoms with Gasteiger partial charge in [0.05, 0.1) is 14.2 Å². The smallest absolute Gasteiger partial charge is 0.155 e. The summed E-state index contributed by atoms with van der Waals surface area (Å²) in [5, 5.41) is 0. The number of carbonyl (C=O) groups excluding carboxylic acids is 1. The summed E-state index contributed by atoms with van der Waals surface area (Å²) in [6.07, 6.45) is 5.29. The summed E-state index contributed by atoms with van der Waals surface area (Å²) in [6.45, 7) is 0. The summed E-state index contributed by atoms with van der Waals surface area (Å²) in [5.74, 6) is 1.64. The van der Waals surface area contributed by atoms with Crippen molar-refractivity contribution >= 4 is 27.3 Å². The van der Waals surface area contributed by atoms with Crippen molar-refractivity contribution in [3.63, 3.8) is 0 Å². The number of ketones is 1. The van der Waals surface area contributed by atoms with E-state index in [-0.39, 0.29) is 5.78 Å². The molecule has 0 saturated carbocycles. The van der Waals surface area contributed by atoms with E-state index in [1.54, 1.807) is 20.3 Å². The van der Waals surface area contributed by atoms with Gasteiger partial charge in [0, 0.05) is 12.0 Å². The molecule has 102 valence electrons. The van der Waals surface area contributed by atoms with E-state index in [0.29, 0.717) is 6.42 Å². The standard InChI is InChI=1S/C15H17BrO3/c1-18-13-8-7-12(15(19-2)14(13)16)10-5-3-4-6-11(17)9-10/h7-9H,3-6H2,1-2H3. The van der Waals surface area contributed by atoms with Crippen LogP contribution in [0.2, 0.25) is 0 Å². The minimum Gasteiger partial charge on any atom is -0.495 e. The second kappa shape index (κ2) is 6.24. The van der Waals surface area contributed by atoms with Crippen LogP contribution in [-0.4, -0.2) is 20.0 Å². The van der Waals surface area contributed by atoms with Crippen LogP contribution in [0, 0.1) is 0 Å². The Bertz CT molecular complexity index is 520. The van der Waals surface area contributed by atoms with Crippen LogP contribution in [0.3, 0.4) is 0 Å². The summed E-state index contributed by atoms with van der Waals surface area (Å²) in [7, 11) is 3.25. The lowest BCUT2D eigenvalue weighted by molar-refractivity contribution is -0.114. The van der Waals surface area contributed by atoms with Crippen molar-refractivity contribution in [3.8, 4) is 11.5 Å². The Morgan fingerprint density at radius 3 is 2.53 bits per heavy atom. The number of benzene rings is 1. The molecule has 0 radical (unpaired) electrons. The maximum absolute atomic E-state index is 11.7. The normalized spacial score (nSPS) is 15.7. The molecular weight excluding hydrogens is 308 g/mol. The molecule has 0 aliphatic heterocycles. The highest BCUT2D eigenvalue weighted by atomic mass is 79.9. The van der Waals surface area contributed by atoms with Crippen molar-refractivity contribution < 1.29 is 14.3 Å². The zero-order valence-corrected chi connectivity index (χ0v) is 12.7. The van der Waals surface area contributed by atoms with E-state index >= 15 is 0 Å². The van der Waals surface area contributed by atoms with Crippen molar-refractivity contribution in [2.45, 2.75) is 25.7 Å². The predicted octanol–water partition coefficient (Wildman–Crippen LogP) is 3.99. The topological polar surface area (TPSA) is 35.5 Å². The fourth-order valence-electron chi connectivity index (χ4n) is 2.31. The van der Waals surface area contributed by atoms with Crippen LogP contribution in [0.5, 0.6) is 11.5 Å². The van der Waals surface area contributed by atoms with Gasteiger partial charge in [0.25, 0.3) is 0 Å². The largest absolute Gasteiger partial charge is 0.495 e. The van der Waals surface area contributed by atoms with Crippen LogP contribution in [0.15, 0.2) is 22.7 Å². The van der Waals surface area contributed by atoms with Crippen molar-refractivity contribution in [1.29, 1.82) is 0 Å². The lowest BCUT2D eigenvalue weighted by atomic mass is 10.00. The van der Waals surface area contributed by atoms with E-state index in [2.05, 4.69) is 15.9 Å². The second-order valence-corrected chi connectivity index (χ2v) is 5.30. The molecule has 4 heteroatoms. The molecule has 0 fully saturated rings. The van der Waals surface area contributed by atoms with E-state index in [0.717, 1.165) is 46.4 Å². The Morgan fingerprint density at radius 1 is 1.11 bits per heavy atom. The highest BCUT2D eigenvalue weighted by molar-refractivity contribution is 9.10. The zero-order chi connectivity index (χ0) is 13.8. The number of rotatable bonds is 3. The van der Waals surface area contributed by atoms with Crippen LogP contribution in [0.4, 0.5) is 0 Å². The molecule has 1 aromatic carbocycles. The van der Waals surface area contributed by atoms with Crippen molar-refractivity contribution in [2.75, 3.05) is 14.2 Å². The molecule has 0 bridgehead atoms. The van der Waals surface area contributed by atoms with E-state index in [1.165, 1.54) is 0 Å². The van der Waals surface area contributed by atoms with E-state index < -0.39 is 0 Å². The molecule has 3 nitrogen and oxygen atoms in total. The number of ether oxygens (including phenoxy) is 2. The summed E-state index contributed by atoms with van der Waals surface area (Å²) in [5.41, 5.74) is 2.01. The SMILES string of the molecule is COc1ccc(C2=CC(=O)CCCC2)c(OC)c1Br. The molecule has 0 atom stereocenters. The van der Waals surface area contributed by atoms with E-state index in [1.807, 2.05) is 12.1 Å². The highest BCUT2D eigenvalue weighted by Gasteiger charge is 2.18. The third kappa shape index (κ3) is 3.00. The predicted molar refractivity (Wildman–Crippen MR) is 78.7 cm³/mol. The molecular formula is C15H17BrO3. The molecule has 1 aliphatic carbocycles. The first kappa shape index (κ1) is 14.1. The van der Waals surface area contributed by atoms with E-state index in [4.69, 9.17) is 9.47 Å². The van der Waals surface area contributed by atoms with Gasteiger partial charge in [0.1, 0.15) is 16.0 Å². The third-order valence-electron chi connectivity index (χ3n) is 3.29. The third-order valence-corrected chi connectivity index (χ3v) is 4.04. The lowest BCUT2D eigenvalue weighted by Crippen LogP contribution is -1.97. The Kier molecular flexibility index (Phi) is 4.64. The molecule has 0 spiro atoms. The van der Waals surface area contributed by atoms with Crippen LogP contribution in [0.1, 0.15) is 31.2 Å². The van der Waals surface area contributed by atoms with Gasteiger partial charge in [0.15, 0.2) is 5.78 Å². The molecule has 0 unspecified atom stereocenters. The first-order valence-electron chi connectivity index (χ1n) is 6.31. The van der Waals surface area contributed by atoms with Crippen molar-refractivity contribution in [2.24, 2.45) is 0 Å². The fourth-order valence-corrected chi connectivity index (χ4v) is 2.98. The lowest BCUT2D eigenvalue weighted by Gasteiger charge is -2.15. The Balaban J connectivity index is 2.49. The Hall–Kier alpha value is -1.29. The maximum atomic E-state index is 11.7. The second-order valence-electron chi connectivity index (χ2n) is 4.51. The van der Waals surface area contributed by atoms with Gasteiger partial charge in [-0.1, -0.05) is 0 Å². The number of methoxy groups -OCH3 is 2. The summed E-state index contributed by atoms with van der Waals surface area (Å²) in [4.78, 5) is 11.7. The maximum Gasteiger partial charge on any atom is 0.155 e. The molecule has 19 heavy (non-hydrogen) atoms. The van der Waals surface area contributed by atoms with Crippen LogP contribution in [0.25, 0.3) is 5.57 Å². The molecule has 1 aliphatic rings. The molecule has 0 heterocycles. The number of halogens is 1. The van der Waals surface area contributed by atoms with Gasteiger partial charge in [-0.05, 0) is 59.0 Å². The first-order valence-corrected chi connectivity index (χ1v) is 7.11. The Morgan fingerprint density at radius 2 is 1.84 bits per heavy atom. The quantitative estimate of drug-likeness (QED) is 0.843. The van der Waals surface area contributed by atoms with Crippen LogP contribution in [-0.2, 0) is 4.79 Å². The average Bonchev–Trinajstić information content (AvgIpc) is 2.63. The molecule has 2 rings (SSSR count). The van der Waals surface area contributed by atoms with Gasteiger partial charge in [-0.3, -0.25) is 4.79 Å². The number of allylic oxidation sites excluding steroid dienone is 2. The van der Waals surface area contributed by atoms with Gasteiger partial charge >= 0.3 is 0 Å². The van der Waals surface area contributed by atoms with Crippen molar-refractivity contribution in [3.05, 3.63) is 28.2 Å². The van der Waals surface area contributed by atoms with Gasteiger partial charge in [-0.25, -0.2) is 0 Å². The highest BCUT2D eigenvalue weighted by Crippen LogP contribution is 2.41. The van der Waals surface area contributed by atoms with Crippen LogP contribution >= 0.6 is 15.9 Å². The number of hydrogen-bond acceptors (Lipinski definition) is 3. The van der Waals surface area contributed by atoms with Crippen LogP contribution < -0.4 is 9.47 Å². The van der Waals surface area contributed by atoms with Gasteiger partial charge < -0.3 is 9.47 Å². The average molecular weight is 325 g/mol. The van der Waals surface area contributed by atoms with E-state index in [9.17, 15) is 4.79 Å². The minimum atomic E-state index is 0.196. The summed E-state index contributed by atoms with van der Waals surface area (Å²) >= 11 is 3.49. The summed E-state index contributed by atoms with van der Waals surface area (Å²) in [6, 6.07) is 3.84. The first-order chi connectivity index (χ1) is 9.17. The number of carbonyl (C=O) groups is 1. The molecule has 0 aromatic heterocycles. The zero-order valence-electron chi connectivity index (χ0n) is 11.2. The van der Waals surface area contributed by atoms with Gasteiger partial charge in [0.2, 0.25) is 0 Å². The van der Waals surface area contributed by atoms with Gasteiger partial charge in [-0.15, -0.1) is 0 Å². The fraction of sp³-hybridized carbons (Fsp3) is 0.400. The molecule has 0 saturated heterocycles. The molecule has 1 aromatic rings. The molecule has 0 N–H and O–H groups in total. The monoisotopic (exact) mass is 324 g/mol. The minimum absolute atomic E-state index is 0.196. The van der Waals surface area contributed by atoms with Gasteiger partial charge in [-0.2, -0.15) is 0 Å². The molecule has 0 amide bonds. The van der Waals surface area contributed by atoms with Crippen molar-refractivity contribution in [1.82, 2.24) is 0 Å². The summed E-state index contributed by atoms with van der Waals surface area (Å²) < 4.78 is 11.5. The number of hydrogen-bond donors (Lipinski definition) is 0.